The average molecular weight is 307 g/mol. The van der Waals surface area contributed by atoms with E-state index in [1.165, 1.54) is 16.3 Å². The maximum absolute atomic E-state index is 10.4. The highest BCUT2D eigenvalue weighted by atomic mass is 32.2. The van der Waals surface area contributed by atoms with E-state index in [1.54, 1.807) is 6.07 Å². The van der Waals surface area contributed by atoms with Gasteiger partial charge in [0.1, 0.15) is 5.75 Å². The van der Waals surface area contributed by atoms with Crippen molar-refractivity contribution < 1.29 is 5.11 Å². The summed E-state index contributed by atoms with van der Waals surface area (Å²) in [5.41, 5.74) is 3.34. The number of anilines is 2. The molecule has 0 radical (unpaired) electrons. The second-order valence-electron chi connectivity index (χ2n) is 5.55. The van der Waals surface area contributed by atoms with Gasteiger partial charge in [-0.15, -0.1) is 0 Å². The lowest BCUT2D eigenvalue weighted by Gasteiger charge is -2.22. The first kappa shape index (κ1) is 13.5. The zero-order valence-electron chi connectivity index (χ0n) is 12.4. The van der Waals surface area contributed by atoms with Gasteiger partial charge in [0.25, 0.3) is 0 Å². The molecule has 0 bridgehead atoms. The third-order valence-electron chi connectivity index (χ3n) is 4.35. The Morgan fingerprint density at radius 3 is 2.64 bits per heavy atom. The largest absolute Gasteiger partial charge is 0.506 e. The Kier molecular flexibility index (Phi) is 3.23. The minimum absolute atomic E-state index is 0.363. The van der Waals surface area contributed by atoms with Crippen molar-refractivity contribution in [2.75, 3.05) is 17.7 Å². The van der Waals surface area contributed by atoms with E-state index in [-0.39, 0.29) is 0 Å². The van der Waals surface area contributed by atoms with E-state index >= 15 is 0 Å². The van der Waals surface area contributed by atoms with Gasteiger partial charge in [0, 0.05) is 22.9 Å². The molecule has 0 spiro atoms. The van der Waals surface area contributed by atoms with Crippen LogP contribution < -0.4 is 4.90 Å². The number of fused-ring (bicyclic) bond motifs is 2. The highest BCUT2D eigenvalue weighted by Gasteiger charge is 2.31. The predicted octanol–water partition coefficient (Wildman–Crippen LogP) is 5.10. The first-order valence-corrected chi connectivity index (χ1v) is 8.68. The number of phenolic OH excluding ortho intramolecular Hbond substituents is 1. The van der Waals surface area contributed by atoms with E-state index in [2.05, 4.69) is 59.7 Å². The second-order valence-corrected chi connectivity index (χ2v) is 6.59. The number of phenols is 1. The summed E-state index contributed by atoms with van der Waals surface area (Å²) in [7, 11) is 0. The van der Waals surface area contributed by atoms with Crippen LogP contribution in [-0.2, 0) is 0 Å². The van der Waals surface area contributed by atoms with Crippen LogP contribution in [0.15, 0.2) is 60.7 Å². The molecule has 0 aliphatic carbocycles. The van der Waals surface area contributed by atoms with Gasteiger partial charge in [-0.3, -0.25) is 0 Å². The van der Waals surface area contributed by atoms with Crippen molar-refractivity contribution in [2.24, 2.45) is 0 Å². The summed E-state index contributed by atoms with van der Waals surface area (Å²) < 4.78 is 0. The Balaban J connectivity index is 1.94. The summed E-state index contributed by atoms with van der Waals surface area (Å²) in [5.74, 6) is 0.363. The maximum atomic E-state index is 10.4. The normalized spacial score (nSPS) is 17.0. The van der Waals surface area contributed by atoms with E-state index < -0.39 is 0 Å². The number of nitrogens with zero attached hydrogens (tertiary/aromatic N) is 1. The summed E-state index contributed by atoms with van der Waals surface area (Å²) in [6.45, 7) is 0.891. The van der Waals surface area contributed by atoms with Gasteiger partial charge in [0.05, 0.1) is 5.69 Å². The molecule has 3 heteroatoms. The van der Waals surface area contributed by atoms with Crippen molar-refractivity contribution in [2.45, 2.75) is 5.25 Å². The Morgan fingerprint density at radius 2 is 1.77 bits per heavy atom. The maximum Gasteiger partial charge on any atom is 0.139 e. The van der Waals surface area contributed by atoms with E-state index in [9.17, 15) is 5.11 Å². The lowest BCUT2D eigenvalue weighted by molar-refractivity contribution is 0.476. The van der Waals surface area contributed by atoms with Crippen LogP contribution in [0, 0.1) is 0 Å². The molecule has 2 nitrogen and oxygen atoms in total. The van der Waals surface area contributed by atoms with Gasteiger partial charge in [-0.1, -0.05) is 48.5 Å². The molecule has 0 saturated carbocycles. The van der Waals surface area contributed by atoms with Crippen molar-refractivity contribution in [1.82, 2.24) is 0 Å². The van der Waals surface area contributed by atoms with Gasteiger partial charge >= 0.3 is 0 Å². The molecule has 1 atom stereocenters. The minimum Gasteiger partial charge on any atom is -0.506 e. The van der Waals surface area contributed by atoms with Crippen LogP contribution >= 0.6 is 11.8 Å². The van der Waals surface area contributed by atoms with Gasteiger partial charge in [0.2, 0.25) is 0 Å². The molecular weight excluding hydrogens is 290 g/mol. The summed E-state index contributed by atoms with van der Waals surface area (Å²) >= 11 is 1.83. The second kappa shape index (κ2) is 5.25. The third kappa shape index (κ3) is 1.97. The number of benzene rings is 3. The van der Waals surface area contributed by atoms with Crippen molar-refractivity contribution in [3.8, 4) is 5.75 Å². The molecule has 1 N–H and O–H groups in total. The van der Waals surface area contributed by atoms with Crippen molar-refractivity contribution in [3.63, 3.8) is 0 Å². The van der Waals surface area contributed by atoms with E-state index in [4.69, 9.17) is 0 Å². The van der Waals surface area contributed by atoms with Crippen LogP contribution in [0.25, 0.3) is 10.8 Å². The summed E-state index contributed by atoms with van der Waals surface area (Å²) in [5, 5.41) is 13.2. The zero-order valence-corrected chi connectivity index (χ0v) is 13.2. The van der Waals surface area contributed by atoms with Gasteiger partial charge in [-0.05, 0) is 29.3 Å². The molecule has 3 aromatic rings. The predicted molar refractivity (Wildman–Crippen MR) is 95.3 cm³/mol. The van der Waals surface area contributed by atoms with Crippen LogP contribution in [0.5, 0.6) is 5.75 Å². The van der Waals surface area contributed by atoms with Crippen molar-refractivity contribution >= 4 is 33.9 Å². The molecule has 1 heterocycles. The van der Waals surface area contributed by atoms with Gasteiger partial charge in [0.15, 0.2) is 0 Å². The quantitative estimate of drug-likeness (QED) is 0.712. The summed E-state index contributed by atoms with van der Waals surface area (Å²) in [6, 6.07) is 20.6. The zero-order chi connectivity index (χ0) is 15.1. The number of rotatable bonds is 2. The number of para-hydroxylation sites is 1. The molecule has 1 aliphatic heterocycles. The van der Waals surface area contributed by atoms with Gasteiger partial charge < -0.3 is 10.0 Å². The summed E-state index contributed by atoms with van der Waals surface area (Å²) in [4.78, 5) is 2.26. The SMILES string of the molecule is CSC1CN(c2cccc3ccccc23)c2c(O)cccc21. The monoisotopic (exact) mass is 307 g/mol. The third-order valence-corrected chi connectivity index (χ3v) is 5.33. The van der Waals surface area contributed by atoms with Crippen LogP contribution in [0.2, 0.25) is 0 Å². The standard InChI is InChI=1S/C19H17NOS/c1-22-18-12-20(19-15(18)9-5-11-17(19)21)16-10-4-7-13-6-2-3-8-14(13)16/h2-11,18,21H,12H2,1H3. The van der Waals surface area contributed by atoms with Crippen LogP contribution in [0.1, 0.15) is 10.8 Å². The Bertz CT molecular complexity index is 840. The van der Waals surface area contributed by atoms with Gasteiger partial charge in [-0.2, -0.15) is 11.8 Å². The molecule has 0 saturated heterocycles. The number of hydrogen-bond donors (Lipinski definition) is 1. The van der Waals surface area contributed by atoms with Crippen molar-refractivity contribution in [1.29, 1.82) is 0 Å². The lowest BCUT2D eigenvalue weighted by atomic mass is 10.1. The van der Waals surface area contributed by atoms with E-state index in [0.29, 0.717) is 11.0 Å². The molecule has 0 fully saturated rings. The van der Waals surface area contributed by atoms with Crippen molar-refractivity contribution in [3.05, 3.63) is 66.2 Å². The molecule has 0 aromatic heterocycles. The van der Waals surface area contributed by atoms with Gasteiger partial charge in [-0.25, -0.2) is 0 Å². The number of aromatic hydroxyl groups is 1. The lowest BCUT2D eigenvalue weighted by Crippen LogP contribution is -2.15. The van der Waals surface area contributed by atoms with Crippen LogP contribution in [-0.4, -0.2) is 17.9 Å². The average Bonchev–Trinajstić information content (AvgIpc) is 2.94. The Labute approximate surface area is 134 Å². The van der Waals surface area contributed by atoms with E-state index in [1.807, 2.05) is 17.8 Å². The number of hydrogen-bond acceptors (Lipinski definition) is 3. The molecule has 1 unspecified atom stereocenters. The molecule has 0 amide bonds. The fourth-order valence-corrected chi connectivity index (χ4v) is 4.06. The first-order chi connectivity index (χ1) is 10.8. The molecule has 110 valence electrons. The van der Waals surface area contributed by atoms with Crippen LogP contribution in [0.4, 0.5) is 11.4 Å². The molecule has 4 rings (SSSR count). The Morgan fingerprint density at radius 1 is 1.00 bits per heavy atom. The molecule has 1 aliphatic rings. The smallest absolute Gasteiger partial charge is 0.139 e. The molecule has 22 heavy (non-hydrogen) atoms. The van der Waals surface area contributed by atoms with Crippen LogP contribution in [0.3, 0.4) is 0 Å². The Hall–Kier alpha value is -2.13. The minimum atomic E-state index is 0.363. The fraction of sp³-hybridized carbons (Fsp3) is 0.158. The molecular formula is C19H17NOS. The highest BCUT2D eigenvalue weighted by molar-refractivity contribution is 7.98. The number of thioether (sulfide) groups is 1. The fourth-order valence-electron chi connectivity index (χ4n) is 3.32. The summed E-state index contributed by atoms with van der Waals surface area (Å²) in [6.07, 6.45) is 2.13. The highest BCUT2D eigenvalue weighted by Crippen LogP contribution is 2.50. The topological polar surface area (TPSA) is 23.5 Å². The van der Waals surface area contributed by atoms with E-state index in [0.717, 1.165) is 17.9 Å². The first-order valence-electron chi connectivity index (χ1n) is 7.39. The molecule has 3 aromatic carbocycles.